The normalized spacial score (nSPS) is 21.4. The minimum Gasteiger partial charge on any atom is -0.452 e. The fourth-order valence-electron chi connectivity index (χ4n) is 6.68. The number of esters is 1. The summed E-state index contributed by atoms with van der Waals surface area (Å²) >= 11 is 12.0. The van der Waals surface area contributed by atoms with Crippen LogP contribution in [0.5, 0.6) is 0 Å². The van der Waals surface area contributed by atoms with Gasteiger partial charge in [-0.05, 0) is 58.7 Å². The van der Waals surface area contributed by atoms with E-state index in [1.807, 2.05) is 24.3 Å². The minimum atomic E-state index is -0.731. The van der Waals surface area contributed by atoms with Crippen LogP contribution < -0.4 is 10.2 Å². The Morgan fingerprint density at radius 3 is 1.76 bits per heavy atom. The monoisotopic (exact) mass is 596 g/mol. The second kappa shape index (κ2) is 10.1. The van der Waals surface area contributed by atoms with Crippen LogP contribution in [0.4, 0.5) is 11.4 Å². The quantitative estimate of drug-likeness (QED) is 0.219. The molecule has 0 aromatic heterocycles. The molecule has 42 heavy (non-hydrogen) atoms. The summed E-state index contributed by atoms with van der Waals surface area (Å²) < 4.78 is 5.15. The van der Waals surface area contributed by atoms with Gasteiger partial charge < -0.3 is 10.1 Å². The smallest absolute Gasteiger partial charge is 0.338 e. The third-order valence-electron chi connectivity index (χ3n) is 8.37. The maximum absolute atomic E-state index is 13.9. The van der Waals surface area contributed by atoms with Crippen molar-refractivity contribution in [3.8, 4) is 0 Å². The first-order chi connectivity index (χ1) is 20.3. The van der Waals surface area contributed by atoms with Crippen LogP contribution in [0.15, 0.2) is 91.0 Å². The molecule has 1 aliphatic heterocycles. The van der Waals surface area contributed by atoms with Crippen molar-refractivity contribution in [2.45, 2.75) is 11.8 Å². The molecule has 0 radical (unpaired) electrons. The Bertz CT molecular complexity index is 1690. The van der Waals surface area contributed by atoms with Gasteiger partial charge in [0.05, 0.1) is 38.8 Å². The number of carbonyl (C=O) groups is 4. The first-order valence-corrected chi connectivity index (χ1v) is 14.2. The highest BCUT2D eigenvalue weighted by molar-refractivity contribution is 6.44. The predicted molar refractivity (Wildman–Crippen MR) is 158 cm³/mol. The second-order valence-electron chi connectivity index (χ2n) is 10.5. The van der Waals surface area contributed by atoms with E-state index in [2.05, 4.69) is 29.6 Å². The zero-order valence-electron chi connectivity index (χ0n) is 21.9. The third-order valence-corrected chi connectivity index (χ3v) is 9.19. The average Bonchev–Trinajstić information content (AvgIpc) is 3.28. The van der Waals surface area contributed by atoms with E-state index in [9.17, 15) is 19.2 Å². The van der Waals surface area contributed by atoms with E-state index in [1.54, 1.807) is 30.3 Å². The highest BCUT2D eigenvalue weighted by Crippen LogP contribution is 2.61. The van der Waals surface area contributed by atoms with E-state index in [1.165, 1.54) is 17.0 Å². The van der Waals surface area contributed by atoms with Crippen molar-refractivity contribution in [2.75, 3.05) is 16.8 Å². The number of carbonyl (C=O) groups excluding carboxylic acids is 4. The maximum atomic E-state index is 13.9. The van der Waals surface area contributed by atoms with Crippen LogP contribution in [0.2, 0.25) is 10.0 Å². The second-order valence-corrected chi connectivity index (χ2v) is 11.3. The molecule has 2 atom stereocenters. The number of hydrogen-bond donors (Lipinski definition) is 1. The summed E-state index contributed by atoms with van der Waals surface area (Å²) in [6.45, 7) is -0.542. The number of ether oxygens (including phenoxy) is 1. The molecule has 0 unspecified atom stereocenters. The molecule has 8 rings (SSSR count). The minimum absolute atomic E-state index is 0.170. The summed E-state index contributed by atoms with van der Waals surface area (Å²) in [4.78, 5) is 54.0. The van der Waals surface area contributed by atoms with Crippen LogP contribution in [-0.4, -0.2) is 30.3 Å². The molecule has 208 valence electrons. The Balaban J connectivity index is 1.09. The van der Waals surface area contributed by atoms with Crippen molar-refractivity contribution < 1.29 is 23.9 Å². The standard InChI is InChI=1S/C33H22Cl2N2O5/c34-23-10-5-11-24(30(23)35)36-25(38)16-42-33(41)17-12-14-18(15-13-17)37-31(39)28-26-19-6-1-2-7-20(19)27(29(28)32(37)40)22-9-4-3-8-21(22)26/h1-15,26-29H,16H2,(H,36,38)/t26?,27?,28-,29-/m0/s1. The number of nitrogens with zero attached hydrogens (tertiary/aromatic N) is 1. The van der Waals surface area contributed by atoms with E-state index in [0.717, 1.165) is 22.3 Å². The molecule has 7 nitrogen and oxygen atoms in total. The topological polar surface area (TPSA) is 92.8 Å². The van der Waals surface area contributed by atoms with Crippen molar-refractivity contribution in [2.24, 2.45) is 11.8 Å². The molecule has 3 amide bonds. The lowest BCUT2D eigenvalue weighted by molar-refractivity contribution is -0.122. The number of anilines is 2. The van der Waals surface area contributed by atoms with E-state index in [-0.39, 0.29) is 39.3 Å². The number of benzene rings is 4. The highest BCUT2D eigenvalue weighted by atomic mass is 35.5. The van der Waals surface area contributed by atoms with Gasteiger partial charge in [-0.25, -0.2) is 9.69 Å². The van der Waals surface area contributed by atoms with Gasteiger partial charge in [-0.2, -0.15) is 0 Å². The third kappa shape index (κ3) is 4.03. The highest BCUT2D eigenvalue weighted by Gasteiger charge is 2.61. The molecule has 1 heterocycles. The fraction of sp³-hybridized carbons (Fsp3) is 0.152. The Morgan fingerprint density at radius 2 is 1.24 bits per heavy atom. The Morgan fingerprint density at radius 1 is 0.714 bits per heavy atom. The molecule has 4 aliphatic rings. The number of rotatable bonds is 5. The first kappa shape index (κ1) is 26.4. The van der Waals surface area contributed by atoms with Gasteiger partial charge >= 0.3 is 5.97 Å². The van der Waals surface area contributed by atoms with E-state index >= 15 is 0 Å². The molecule has 0 saturated carbocycles. The van der Waals surface area contributed by atoms with Gasteiger partial charge in [0.2, 0.25) is 11.8 Å². The summed E-state index contributed by atoms with van der Waals surface area (Å²) in [5.41, 5.74) is 5.26. The van der Waals surface area contributed by atoms with Gasteiger partial charge in [0, 0.05) is 11.8 Å². The molecule has 2 bridgehead atoms. The van der Waals surface area contributed by atoms with E-state index in [0.29, 0.717) is 11.4 Å². The molecule has 9 heteroatoms. The lowest BCUT2D eigenvalue weighted by atomic mass is 9.55. The van der Waals surface area contributed by atoms with Gasteiger partial charge in [0.25, 0.3) is 5.91 Å². The summed E-state index contributed by atoms with van der Waals surface area (Å²) in [6.07, 6.45) is 0. The summed E-state index contributed by atoms with van der Waals surface area (Å²) in [5, 5.41) is 3.01. The number of imide groups is 1. The summed E-state index contributed by atoms with van der Waals surface area (Å²) in [6, 6.07) is 27.0. The van der Waals surface area contributed by atoms with Gasteiger partial charge in [0.15, 0.2) is 6.61 Å². The zero-order valence-corrected chi connectivity index (χ0v) is 23.4. The number of nitrogens with one attached hydrogen (secondary N) is 1. The van der Waals surface area contributed by atoms with Crippen LogP contribution in [0.1, 0.15) is 44.4 Å². The van der Waals surface area contributed by atoms with Gasteiger partial charge in [-0.3, -0.25) is 14.4 Å². The molecule has 3 aliphatic carbocycles. The fourth-order valence-corrected chi connectivity index (χ4v) is 7.03. The van der Waals surface area contributed by atoms with Crippen LogP contribution in [0.25, 0.3) is 0 Å². The SMILES string of the molecule is O=C(COC(=O)c1ccc(N2C(=O)[C@H]3C4c5ccccc5C(c5ccccc54)[C@@H]3C2=O)cc1)Nc1cccc(Cl)c1Cl. The zero-order chi connectivity index (χ0) is 29.1. The first-order valence-electron chi connectivity index (χ1n) is 13.4. The predicted octanol–water partition coefficient (Wildman–Crippen LogP) is 6.19. The lowest BCUT2D eigenvalue weighted by Gasteiger charge is -2.45. The van der Waals surface area contributed by atoms with Crippen molar-refractivity contribution in [1.29, 1.82) is 0 Å². The Labute approximate surface area is 251 Å². The van der Waals surface area contributed by atoms with E-state index in [4.69, 9.17) is 27.9 Å². The van der Waals surface area contributed by atoms with Gasteiger partial charge in [-0.15, -0.1) is 0 Å². The van der Waals surface area contributed by atoms with Crippen molar-refractivity contribution in [1.82, 2.24) is 0 Å². The number of amides is 3. The van der Waals surface area contributed by atoms with Crippen LogP contribution >= 0.6 is 23.2 Å². The number of hydrogen-bond acceptors (Lipinski definition) is 5. The van der Waals surface area contributed by atoms with Crippen molar-refractivity contribution >= 4 is 58.3 Å². The molecule has 4 aromatic rings. The van der Waals surface area contributed by atoms with Crippen molar-refractivity contribution in [3.63, 3.8) is 0 Å². The molecular weight excluding hydrogens is 575 g/mol. The average molecular weight is 597 g/mol. The molecule has 1 saturated heterocycles. The van der Waals surface area contributed by atoms with Crippen LogP contribution in [0.3, 0.4) is 0 Å². The largest absolute Gasteiger partial charge is 0.452 e. The molecule has 1 fully saturated rings. The Hall–Kier alpha value is -4.46. The van der Waals surface area contributed by atoms with Crippen LogP contribution in [-0.2, 0) is 19.1 Å². The molecule has 0 spiro atoms. The number of halogens is 2. The Kier molecular flexibility index (Phi) is 6.37. The van der Waals surface area contributed by atoms with Crippen LogP contribution in [0, 0.1) is 11.8 Å². The van der Waals surface area contributed by atoms with Crippen molar-refractivity contribution in [3.05, 3.63) is 129 Å². The van der Waals surface area contributed by atoms with Gasteiger partial charge in [0.1, 0.15) is 0 Å². The molecule has 4 aromatic carbocycles. The summed E-state index contributed by atoms with van der Waals surface area (Å²) in [5.74, 6) is -3.19. The van der Waals surface area contributed by atoms with Gasteiger partial charge in [-0.1, -0.05) is 77.8 Å². The maximum Gasteiger partial charge on any atom is 0.338 e. The molecule has 1 N–H and O–H groups in total. The molecular formula is C33H22Cl2N2O5. The van der Waals surface area contributed by atoms with E-state index < -0.39 is 30.3 Å². The lowest BCUT2D eigenvalue weighted by Crippen LogP contribution is -2.41. The summed E-state index contributed by atoms with van der Waals surface area (Å²) in [7, 11) is 0.